The van der Waals surface area contributed by atoms with Crippen molar-refractivity contribution in [1.82, 2.24) is 5.32 Å². The van der Waals surface area contributed by atoms with Crippen LogP contribution in [0.2, 0.25) is 0 Å². The Balaban J connectivity index is 2.78. The minimum absolute atomic E-state index is 0.0455. The second kappa shape index (κ2) is 6.88. The van der Waals surface area contributed by atoms with Crippen LogP contribution in [0.25, 0.3) is 0 Å². The predicted octanol–water partition coefficient (Wildman–Crippen LogP) is 1.94. The van der Waals surface area contributed by atoms with Crippen molar-refractivity contribution in [2.45, 2.75) is 38.8 Å². The van der Waals surface area contributed by atoms with E-state index in [1.54, 1.807) is 20.8 Å². The lowest BCUT2D eigenvalue weighted by Gasteiger charge is -2.21. The van der Waals surface area contributed by atoms with Gasteiger partial charge in [-0.15, -0.1) is 0 Å². The minimum Gasteiger partial charge on any atom is -0.502 e. The average molecular weight is 310 g/mol. The Hall–Kier alpha value is -2.64. The summed E-state index contributed by atoms with van der Waals surface area (Å²) in [7, 11) is 0. The number of phenols is 1. The zero-order chi connectivity index (χ0) is 16.9. The second-order valence-electron chi connectivity index (χ2n) is 5.67. The van der Waals surface area contributed by atoms with Crippen LogP contribution in [0.5, 0.6) is 5.75 Å². The van der Waals surface area contributed by atoms with Crippen LogP contribution in [0.3, 0.4) is 0 Å². The molecule has 120 valence electrons. The van der Waals surface area contributed by atoms with E-state index >= 15 is 0 Å². The van der Waals surface area contributed by atoms with Gasteiger partial charge in [0.25, 0.3) is 0 Å². The van der Waals surface area contributed by atoms with Gasteiger partial charge in [0.1, 0.15) is 11.9 Å². The Morgan fingerprint density at radius 3 is 2.64 bits per heavy atom. The number of aldehydes is 1. The first-order valence-electron chi connectivity index (χ1n) is 6.53. The lowest BCUT2D eigenvalue weighted by atomic mass is 10.1. The molecule has 0 radical (unpaired) electrons. The third-order valence-electron chi connectivity index (χ3n) is 2.56. The molecule has 1 atom stereocenters. The molecule has 0 aliphatic rings. The molecule has 0 aromatic heterocycles. The van der Waals surface area contributed by atoms with E-state index in [-0.39, 0.29) is 6.42 Å². The number of nitrogens with zero attached hydrogens (tertiary/aromatic N) is 1. The van der Waals surface area contributed by atoms with Crippen molar-refractivity contribution < 1.29 is 24.4 Å². The highest BCUT2D eigenvalue weighted by Crippen LogP contribution is 2.26. The van der Waals surface area contributed by atoms with Gasteiger partial charge in [-0.3, -0.25) is 10.1 Å². The lowest BCUT2D eigenvalue weighted by Crippen LogP contribution is -2.41. The molecule has 0 saturated heterocycles. The molecular weight excluding hydrogens is 292 g/mol. The summed E-state index contributed by atoms with van der Waals surface area (Å²) in [5.41, 5.74) is -0.730. The van der Waals surface area contributed by atoms with Crippen molar-refractivity contribution in [3.63, 3.8) is 0 Å². The summed E-state index contributed by atoms with van der Waals surface area (Å²) in [6.07, 6.45) is -0.190. The second-order valence-corrected chi connectivity index (χ2v) is 5.67. The molecule has 22 heavy (non-hydrogen) atoms. The van der Waals surface area contributed by atoms with Crippen LogP contribution in [0, 0.1) is 10.1 Å². The van der Waals surface area contributed by atoms with Crippen molar-refractivity contribution in [3.8, 4) is 5.75 Å². The van der Waals surface area contributed by atoms with Gasteiger partial charge in [-0.05, 0) is 38.8 Å². The van der Waals surface area contributed by atoms with Crippen LogP contribution in [0.4, 0.5) is 10.5 Å². The molecule has 1 aromatic carbocycles. The first-order chi connectivity index (χ1) is 10.1. The van der Waals surface area contributed by atoms with E-state index < -0.39 is 34.1 Å². The van der Waals surface area contributed by atoms with E-state index in [4.69, 9.17) is 4.74 Å². The number of carbonyl (C=O) groups is 2. The Labute approximate surface area is 127 Å². The van der Waals surface area contributed by atoms with Crippen molar-refractivity contribution >= 4 is 18.1 Å². The van der Waals surface area contributed by atoms with E-state index in [0.717, 1.165) is 6.07 Å². The van der Waals surface area contributed by atoms with Gasteiger partial charge in [0.15, 0.2) is 5.75 Å². The SMILES string of the molecule is CC(C)(C)OC(=O)N[C@H](C=O)Cc1ccc(O)c([N+](=O)[O-])c1. The molecule has 1 amide bonds. The molecule has 0 saturated carbocycles. The van der Waals surface area contributed by atoms with Gasteiger partial charge in [-0.1, -0.05) is 6.07 Å². The number of nitro benzene ring substituents is 1. The molecule has 8 heteroatoms. The fourth-order valence-electron chi connectivity index (χ4n) is 1.69. The molecule has 2 N–H and O–H groups in total. The van der Waals surface area contributed by atoms with Crippen molar-refractivity contribution in [3.05, 3.63) is 33.9 Å². The molecule has 0 aliphatic carbocycles. The van der Waals surface area contributed by atoms with Crippen LogP contribution >= 0.6 is 0 Å². The first-order valence-corrected chi connectivity index (χ1v) is 6.53. The number of hydrogen-bond donors (Lipinski definition) is 2. The molecule has 8 nitrogen and oxygen atoms in total. The summed E-state index contributed by atoms with van der Waals surface area (Å²) in [6, 6.07) is 2.88. The summed E-state index contributed by atoms with van der Waals surface area (Å²) >= 11 is 0. The molecular formula is C14H18N2O6. The number of nitro groups is 1. The summed E-state index contributed by atoms with van der Waals surface area (Å²) in [5, 5.41) is 22.5. The van der Waals surface area contributed by atoms with E-state index in [0.29, 0.717) is 11.8 Å². The topological polar surface area (TPSA) is 119 Å². The Morgan fingerprint density at radius 1 is 1.50 bits per heavy atom. The van der Waals surface area contributed by atoms with E-state index in [9.17, 15) is 24.8 Å². The summed E-state index contributed by atoms with van der Waals surface area (Å²) in [5.74, 6) is -0.462. The van der Waals surface area contributed by atoms with Crippen molar-refractivity contribution in [2.75, 3.05) is 0 Å². The third kappa shape index (κ3) is 5.39. The van der Waals surface area contributed by atoms with Gasteiger partial charge in [0.2, 0.25) is 0 Å². The average Bonchev–Trinajstić information content (AvgIpc) is 2.37. The van der Waals surface area contributed by atoms with Gasteiger partial charge in [0, 0.05) is 6.07 Å². The smallest absolute Gasteiger partial charge is 0.408 e. The summed E-state index contributed by atoms with van der Waals surface area (Å²) in [4.78, 5) is 32.7. The molecule has 0 heterocycles. The van der Waals surface area contributed by atoms with Crippen LogP contribution in [0.1, 0.15) is 26.3 Å². The fourth-order valence-corrected chi connectivity index (χ4v) is 1.69. The summed E-state index contributed by atoms with van der Waals surface area (Å²) < 4.78 is 5.03. The monoisotopic (exact) mass is 310 g/mol. The predicted molar refractivity (Wildman–Crippen MR) is 77.7 cm³/mol. The summed E-state index contributed by atoms with van der Waals surface area (Å²) in [6.45, 7) is 5.06. The maximum absolute atomic E-state index is 11.6. The number of aromatic hydroxyl groups is 1. The molecule has 0 spiro atoms. The van der Waals surface area contributed by atoms with Crippen LogP contribution < -0.4 is 5.32 Å². The Bertz CT molecular complexity index is 579. The fraction of sp³-hybridized carbons (Fsp3) is 0.429. The number of hydrogen-bond acceptors (Lipinski definition) is 6. The highest BCUT2D eigenvalue weighted by atomic mass is 16.6. The maximum atomic E-state index is 11.6. The van der Waals surface area contributed by atoms with E-state index in [1.807, 2.05) is 0 Å². The number of phenolic OH excluding ortho intramolecular Hbond substituents is 1. The van der Waals surface area contributed by atoms with Gasteiger partial charge in [-0.25, -0.2) is 4.79 Å². The third-order valence-corrected chi connectivity index (χ3v) is 2.56. The van der Waals surface area contributed by atoms with Gasteiger partial charge >= 0.3 is 11.8 Å². The number of ether oxygens (including phenoxy) is 1. The number of rotatable bonds is 5. The van der Waals surface area contributed by atoms with Gasteiger partial charge in [-0.2, -0.15) is 0 Å². The number of alkyl carbamates (subject to hydrolysis) is 1. The number of amides is 1. The quantitative estimate of drug-likeness (QED) is 0.487. The molecule has 0 bridgehead atoms. The minimum atomic E-state index is -0.890. The zero-order valence-corrected chi connectivity index (χ0v) is 12.5. The molecule has 1 aromatic rings. The first kappa shape index (κ1) is 17.4. The standard InChI is InChI=1S/C14H18N2O6/c1-14(2,3)22-13(19)15-10(8-17)6-9-4-5-12(18)11(7-9)16(20)21/h4-5,7-8,10,18H,6H2,1-3H3,(H,15,19)/t10-/m0/s1. The van der Waals surface area contributed by atoms with Crippen molar-refractivity contribution in [2.24, 2.45) is 0 Å². The molecule has 0 aliphatic heterocycles. The zero-order valence-electron chi connectivity index (χ0n) is 12.5. The Kier molecular flexibility index (Phi) is 5.44. The molecule has 0 unspecified atom stereocenters. The van der Waals surface area contributed by atoms with E-state index in [2.05, 4.69) is 5.32 Å². The normalized spacial score (nSPS) is 12.3. The number of nitrogens with one attached hydrogen (secondary N) is 1. The van der Waals surface area contributed by atoms with Gasteiger partial charge in [0.05, 0.1) is 11.0 Å². The van der Waals surface area contributed by atoms with Gasteiger partial charge < -0.3 is 20.0 Å². The lowest BCUT2D eigenvalue weighted by molar-refractivity contribution is -0.385. The maximum Gasteiger partial charge on any atom is 0.408 e. The van der Waals surface area contributed by atoms with E-state index in [1.165, 1.54) is 12.1 Å². The Morgan fingerprint density at radius 2 is 2.14 bits per heavy atom. The molecule has 0 fully saturated rings. The number of benzene rings is 1. The largest absolute Gasteiger partial charge is 0.502 e. The number of carbonyl (C=O) groups excluding carboxylic acids is 2. The highest BCUT2D eigenvalue weighted by Gasteiger charge is 2.20. The van der Waals surface area contributed by atoms with Crippen LogP contribution in [0.15, 0.2) is 18.2 Å². The highest BCUT2D eigenvalue weighted by molar-refractivity contribution is 5.73. The molecule has 1 rings (SSSR count). The van der Waals surface area contributed by atoms with Crippen LogP contribution in [-0.4, -0.2) is 34.1 Å². The van der Waals surface area contributed by atoms with Crippen molar-refractivity contribution in [1.29, 1.82) is 0 Å². The van der Waals surface area contributed by atoms with Crippen LogP contribution in [-0.2, 0) is 16.0 Å².